The lowest BCUT2D eigenvalue weighted by atomic mass is 10.2. The third-order valence-corrected chi connectivity index (χ3v) is 2.18. The second-order valence-corrected chi connectivity index (χ2v) is 3.11. The van der Waals surface area contributed by atoms with Gasteiger partial charge in [-0.2, -0.15) is 0 Å². The minimum absolute atomic E-state index is 0.0880. The quantitative estimate of drug-likeness (QED) is 0.707. The Hall–Kier alpha value is -1.97. The molecule has 0 aliphatic carbocycles. The van der Waals surface area contributed by atoms with Crippen LogP contribution in [0.3, 0.4) is 0 Å². The van der Waals surface area contributed by atoms with Gasteiger partial charge in [0.1, 0.15) is 0 Å². The molecule has 0 saturated heterocycles. The fourth-order valence-corrected chi connectivity index (χ4v) is 1.40. The van der Waals surface area contributed by atoms with Crippen molar-refractivity contribution < 1.29 is 4.79 Å². The lowest BCUT2D eigenvalue weighted by molar-refractivity contribution is 0.102. The number of imidazole rings is 1. The van der Waals surface area contributed by atoms with Crippen LogP contribution in [0.25, 0.3) is 0 Å². The van der Waals surface area contributed by atoms with Gasteiger partial charge in [0.15, 0.2) is 5.82 Å². The van der Waals surface area contributed by atoms with E-state index in [9.17, 15) is 4.79 Å². The molecule has 0 spiro atoms. The lowest BCUT2D eigenvalue weighted by Crippen LogP contribution is -2.10. The van der Waals surface area contributed by atoms with E-state index in [1.165, 1.54) is 0 Å². The summed E-state index contributed by atoms with van der Waals surface area (Å²) >= 11 is 0. The van der Waals surface area contributed by atoms with Crippen LogP contribution in [0, 0.1) is 0 Å². The highest BCUT2D eigenvalue weighted by Gasteiger charge is 2.13. The van der Waals surface area contributed by atoms with Gasteiger partial charge in [0.2, 0.25) is 5.78 Å². The first-order valence-electron chi connectivity index (χ1n) is 4.78. The van der Waals surface area contributed by atoms with Gasteiger partial charge in [0.25, 0.3) is 0 Å². The Morgan fingerprint density at radius 3 is 3.00 bits per heavy atom. The van der Waals surface area contributed by atoms with Gasteiger partial charge in [-0.05, 0) is 19.1 Å². The molecular formula is C11H11N3O. The van der Waals surface area contributed by atoms with Crippen LogP contribution in [0.4, 0.5) is 0 Å². The van der Waals surface area contributed by atoms with Gasteiger partial charge in [-0.15, -0.1) is 0 Å². The Morgan fingerprint density at radius 2 is 2.33 bits per heavy atom. The predicted octanol–water partition coefficient (Wildman–Crippen LogP) is 1.53. The smallest absolute Gasteiger partial charge is 0.229 e. The number of ketones is 1. The molecule has 0 amide bonds. The number of hydrogen-bond acceptors (Lipinski definition) is 3. The minimum atomic E-state index is -0.0880. The van der Waals surface area contributed by atoms with Crippen LogP contribution in [0.15, 0.2) is 36.9 Å². The zero-order chi connectivity index (χ0) is 10.7. The zero-order valence-electron chi connectivity index (χ0n) is 8.42. The maximum absolute atomic E-state index is 12.0. The number of pyridine rings is 1. The molecule has 0 aliphatic rings. The summed E-state index contributed by atoms with van der Waals surface area (Å²) in [6, 6.07) is 3.48. The largest absolute Gasteiger partial charge is 0.328 e. The van der Waals surface area contributed by atoms with Gasteiger partial charge in [0, 0.05) is 36.9 Å². The van der Waals surface area contributed by atoms with E-state index in [4.69, 9.17) is 0 Å². The molecule has 2 aromatic heterocycles. The Morgan fingerprint density at radius 1 is 1.47 bits per heavy atom. The fraction of sp³-hybridized carbons (Fsp3) is 0.182. The predicted molar refractivity (Wildman–Crippen MR) is 55.6 cm³/mol. The van der Waals surface area contributed by atoms with Gasteiger partial charge < -0.3 is 4.57 Å². The first-order chi connectivity index (χ1) is 7.33. The lowest BCUT2D eigenvalue weighted by Gasteiger charge is -2.02. The van der Waals surface area contributed by atoms with Crippen molar-refractivity contribution in [3.05, 3.63) is 48.3 Å². The monoisotopic (exact) mass is 201 g/mol. The zero-order valence-corrected chi connectivity index (χ0v) is 8.42. The Bertz CT molecular complexity index is 462. The maximum atomic E-state index is 12.0. The number of carbonyl (C=O) groups is 1. The van der Waals surface area contributed by atoms with Crippen molar-refractivity contribution in [1.29, 1.82) is 0 Å². The second kappa shape index (κ2) is 4.04. The summed E-state index contributed by atoms with van der Waals surface area (Å²) in [6.45, 7) is 2.71. The molecule has 0 N–H and O–H groups in total. The van der Waals surface area contributed by atoms with Crippen molar-refractivity contribution in [3.8, 4) is 0 Å². The molecule has 15 heavy (non-hydrogen) atoms. The van der Waals surface area contributed by atoms with Crippen LogP contribution < -0.4 is 0 Å². The van der Waals surface area contributed by atoms with E-state index in [0.29, 0.717) is 11.4 Å². The van der Waals surface area contributed by atoms with E-state index in [-0.39, 0.29) is 5.78 Å². The van der Waals surface area contributed by atoms with E-state index in [2.05, 4.69) is 9.97 Å². The first kappa shape index (κ1) is 9.58. The van der Waals surface area contributed by atoms with Gasteiger partial charge >= 0.3 is 0 Å². The number of aromatic nitrogens is 3. The highest BCUT2D eigenvalue weighted by Crippen LogP contribution is 2.06. The average Bonchev–Trinajstić information content (AvgIpc) is 2.77. The van der Waals surface area contributed by atoms with Gasteiger partial charge in [-0.1, -0.05) is 0 Å². The third kappa shape index (κ3) is 1.79. The van der Waals surface area contributed by atoms with Crippen LogP contribution in [0.2, 0.25) is 0 Å². The van der Waals surface area contributed by atoms with E-state index >= 15 is 0 Å². The summed E-state index contributed by atoms with van der Waals surface area (Å²) in [5, 5.41) is 0. The summed E-state index contributed by atoms with van der Waals surface area (Å²) in [5.41, 5.74) is 0.568. The number of rotatable bonds is 3. The van der Waals surface area contributed by atoms with E-state index in [1.807, 2.05) is 11.5 Å². The molecule has 0 unspecified atom stereocenters. The highest BCUT2D eigenvalue weighted by molar-refractivity contribution is 6.06. The number of aryl methyl sites for hydroxylation is 1. The maximum Gasteiger partial charge on any atom is 0.229 e. The van der Waals surface area contributed by atoms with Crippen LogP contribution in [0.1, 0.15) is 23.1 Å². The third-order valence-electron chi connectivity index (χ3n) is 2.18. The summed E-state index contributed by atoms with van der Waals surface area (Å²) in [6.07, 6.45) is 6.62. The average molecular weight is 201 g/mol. The first-order valence-corrected chi connectivity index (χ1v) is 4.78. The molecule has 0 fully saturated rings. The van der Waals surface area contributed by atoms with Crippen molar-refractivity contribution in [2.45, 2.75) is 13.5 Å². The van der Waals surface area contributed by atoms with Crippen LogP contribution in [-0.4, -0.2) is 20.3 Å². The minimum Gasteiger partial charge on any atom is -0.328 e. The molecule has 0 bridgehead atoms. The fourth-order valence-electron chi connectivity index (χ4n) is 1.40. The number of hydrogen-bond donors (Lipinski definition) is 0. The van der Waals surface area contributed by atoms with E-state index in [0.717, 1.165) is 6.54 Å². The molecule has 76 valence electrons. The molecule has 2 heterocycles. The molecule has 4 nitrogen and oxygen atoms in total. The number of carbonyl (C=O) groups excluding carboxylic acids is 1. The van der Waals surface area contributed by atoms with Gasteiger partial charge in [-0.25, -0.2) is 4.98 Å². The van der Waals surface area contributed by atoms with Crippen molar-refractivity contribution >= 4 is 5.78 Å². The topological polar surface area (TPSA) is 47.8 Å². The van der Waals surface area contributed by atoms with Gasteiger partial charge in [0.05, 0.1) is 0 Å². The molecule has 4 heteroatoms. The summed E-state index contributed by atoms with van der Waals surface area (Å²) in [4.78, 5) is 19.9. The normalized spacial score (nSPS) is 10.2. The van der Waals surface area contributed by atoms with Crippen LogP contribution in [0.5, 0.6) is 0 Å². The van der Waals surface area contributed by atoms with Crippen molar-refractivity contribution in [2.75, 3.05) is 0 Å². The second-order valence-electron chi connectivity index (χ2n) is 3.11. The Balaban J connectivity index is 2.37. The summed E-state index contributed by atoms with van der Waals surface area (Å²) in [7, 11) is 0. The molecule has 0 aromatic carbocycles. The van der Waals surface area contributed by atoms with E-state index < -0.39 is 0 Å². The highest BCUT2D eigenvalue weighted by atomic mass is 16.1. The van der Waals surface area contributed by atoms with Crippen LogP contribution in [-0.2, 0) is 6.54 Å². The van der Waals surface area contributed by atoms with Crippen molar-refractivity contribution in [3.63, 3.8) is 0 Å². The molecule has 2 aromatic rings. The molecule has 0 radical (unpaired) electrons. The molecule has 0 saturated carbocycles. The van der Waals surface area contributed by atoms with Crippen LogP contribution >= 0.6 is 0 Å². The van der Waals surface area contributed by atoms with Gasteiger partial charge in [-0.3, -0.25) is 9.78 Å². The van der Waals surface area contributed by atoms with Crippen molar-refractivity contribution in [2.24, 2.45) is 0 Å². The summed E-state index contributed by atoms with van der Waals surface area (Å²) in [5.74, 6) is 0.375. The SMILES string of the molecule is CCn1ccnc1C(=O)c1cccnc1. The Kier molecular flexibility index (Phi) is 2.58. The molecule has 0 aliphatic heterocycles. The number of nitrogens with zero attached hydrogens (tertiary/aromatic N) is 3. The molecule has 0 atom stereocenters. The van der Waals surface area contributed by atoms with E-state index in [1.54, 1.807) is 36.9 Å². The molecular weight excluding hydrogens is 190 g/mol. The standard InChI is InChI=1S/C11H11N3O/c1-2-14-7-6-13-11(14)10(15)9-4-3-5-12-8-9/h3-8H,2H2,1H3. The van der Waals surface area contributed by atoms with Crippen molar-refractivity contribution in [1.82, 2.24) is 14.5 Å². The molecule has 2 rings (SSSR count). The Labute approximate surface area is 87.6 Å². The summed E-state index contributed by atoms with van der Waals surface area (Å²) < 4.78 is 1.81.